The molecule has 2 atom stereocenters. The third-order valence-corrected chi connectivity index (χ3v) is 4.97. The summed E-state index contributed by atoms with van der Waals surface area (Å²) in [6, 6.07) is 0.718. The Hall–Kier alpha value is 0.0569. The molecule has 1 saturated heterocycles. The summed E-state index contributed by atoms with van der Waals surface area (Å²) in [6.45, 7) is 7.23. The lowest BCUT2D eigenvalue weighted by Crippen LogP contribution is -2.40. The molecular weight excluding hydrogens is 188 g/mol. The van der Waals surface area contributed by atoms with Crippen LogP contribution in [-0.2, 0) is 13.6 Å². The van der Waals surface area contributed by atoms with E-state index in [0.717, 1.165) is 6.04 Å². The van der Waals surface area contributed by atoms with E-state index in [4.69, 9.17) is 18.7 Å². The number of aliphatic hydroxyl groups excluding tert-OH is 1. The summed E-state index contributed by atoms with van der Waals surface area (Å²) in [7, 11) is -2.08. The predicted molar refractivity (Wildman–Crippen MR) is 50.6 cm³/mol. The van der Waals surface area contributed by atoms with Crippen LogP contribution in [0.1, 0.15) is 13.8 Å². The van der Waals surface area contributed by atoms with E-state index in [1.165, 1.54) is 0 Å². The van der Waals surface area contributed by atoms with Gasteiger partial charge in [-0.3, -0.25) is 0 Å². The summed E-state index contributed by atoms with van der Waals surface area (Å²) in [5.74, 6) is 0. The highest BCUT2D eigenvalue weighted by molar-refractivity contribution is 6.66. The summed E-state index contributed by atoms with van der Waals surface area (Å²) in [5.41, 5.74) is 0. The zero-order valence-corrected chi connectivity index (χ0v) is 9.45. The number of rotatable bonds is 6. The molecule has 5 heteroatoms. The van der Waals surface area contributed by atoms with Crippen LogP contribution in [0.5, 0.6) is 0 Å². The van der Waals surface area contributed by atoms with Gasteiger partial charge in [0.15, 0.2) is 6.29 Å². The topological polar surface area (TPSA) is 51.2 Å². The van der Waals surface area contributed by atoms with Gasteiger partial charge in [0.05, 0.1) is 0 Å². The van der Waals surface area contributed by atoms with Gasteiger partial charge in [0.1, 0.15) is 6.10 Å². The van der Waals surface area contributed by atoms with Crippen LogP contribution in [0.2, 0.25) is 12.6 Å². The van der Waals surface area contributed by atoms with E-state index in [9.17, 15) is 0 Å². The fourth-order valence-corrected chi connectivity index (χ4v) is 3.99. The molecule has 1 heterocycles. The zero-order chi connectivity index (χ0) is 9.90. The molecule has 0 saturated carbocycles. The molecule has 2 unspecified atom stereocenters. The molecule has 13 heavy (non-hydrogen) atoms. The van der Waals surface area contributed by atoms with E-state index >= 15 is 0 Å². The fourth-order valence-electron chi connectivity index (χ4n) is 1.42. The van der Waals surface area contributed by atoms with E-state index < -0.39 is 14.9 Å². The van der Waals surface area contributed by atoms with Crippen molar-refractivity contribution in [2.24, 2.45) is 0 Å². The van der Waals surface area contributed by atoms with Gasteiger partial charge in [-0.25, -0.2) is 0 Å². The second kappa shape index (κ2) is 4.52. The average molecular weight is 206 g/mol. The van der Waals surface area contributed by atoms with E-state index in [-0.39, 0.29) is 6.10 Å². The van der Waals surface area contributed by atoms with Crippen LogP contribution >= 0.6 is 0 Å². The Kier molecular flexibility index (Phi) is 3.87. The first-order chi connectivity index (χ1) is 6.11. The lowest BCUT2D eigenvalue weighted by molar-refractivity contribution is 0.156. The first-order valence-corrected chi connectivity index (χ1v) is 7.25. The van der Waals surface area contributed by atoms with Crippen molar-refractivity contribution in [2.45, 2.75) is 38.8 Å². The number of epoxide rings is 1. The van der Waals surface area contributed by atoms with Gasteiger partial charge < -0.3 is 18.7 Å². The molecule has 1 N–H and O–H groups in total. The van der Waals surface area contributed by atoms with E-state index in [0.29, 0.717) is 13.2 Å². The molecular formula is C8H18O4Si. The summed E-state index contributed by atoms with van der Waals surface area (Å²) < 4.78 is 16.1. The van der Waals surface area contributed by atoms with Gasteiger partial charge in [0.2, 0.25) is 0 Å². The van der Waals surface area contributed by atoms with Crippen molar-refractivity contribution in [3.05, 3.63) is 0 Å². The number of hydrogen-bond acceptors (Lipinski definition) is 4. The predicted octanol–water partition coefficient (Wildman–Crippen LogP) is 0.849. The third kappa shape index (κ3) is 3.36. The molecule has 0 aromatic heterocycles. The van der Waals surface area contributed by atoms with Gasteiger partial charge in [-0.2, -0.15) is 0 Å². The van der Waals surface area contributed by atoms with Crippen LogP contribution in [0, 0.1) is 0 Å². The van der Waals surface area contributed by atoms with E-state index in [1.807, 2.05) is 20.4 Å². The number of hydrogen-bond donors (Lipinski definition) is 1. The maximum absolute atomic E-state index is 9.02. The lowest BCUT2D eigenvalue weighted by Gasteiger charge is -2.24. The van der Waals surface area contributed by atoms with Gasteiger partial charge in [-0.1, -0.05) is 0 Å². The van der Waals surface area contributed by atoms with Crippen molar-refractivity contribution in [3.8, 4) is 0 Å². The molecule has 0 radical (unpaired) electrons. The largest absolute Gasteiger partial charge is 0.395 e. The quantitative estimate of drug-likeness (QED) is 0.517. The highest BCUT2D eigenvalue weighted by atomic mass is 28.4. The molecule has 0 spiro atoms. The highest BCUT2D eigenvalue weighted by Crippen LogP contribution is 2.29. The van der Waals surface area contributed by atoms with Crippen molar-refractivity contribution in [2.75, 3.05) is 13.2 Å². The maximum atomic E-state index is 9.02. The second-order valence-corrected chi connectivity index (χ2v) is 6.52. The molecule has 1 fully saturated rings. The van der Waals surface area contributed by atoms with Gasteiger partial charge in [0, 0.05) is 19.3 Å². The van der Waals surface area contributed by atoms with Crippen LogP contribution < -0.4 is 0 Å². The lowest BCUT2D eigenvalue weighted by atomic mass is 10.5. The van der Waals surface area contributed by atoms with Crippen molar-refractivity contribution < 1.29 is 18.7 Å². The summed E-state index contributed by atoms with van der Waals surface area (Å²) in [6.07, 6.45) is -0.650. The van der Waals surface area contributed by atoms with Crippen LogP contribution in [0.3, 0.4) is 0 Å². The van der Waals surface area contributed by atoms with Gasteiger partial charge in [-0.05, 0) is 20.4 Å². The minimum absolute atomic E-state index is 0.0604. The standard InChI is InChI=1S/C8H18O4Si/c1-4-10-13(3,11-5-2)6-7-8(9)12-7/h7-9H,4-6H2,1-3H3. The minimum Gasteiger partial charge on any atom is -0.395 e. The minimum atomic E-state index is -2.08. The SMILES string of the molecule is CCO[Si](C)(CC1OC1O)OCC. The highest BCUT2D eigenvalue weighted by Gasteiger charge is 2.46. The molecule has 1 aliphatic heterocycles. The first-order valence-electron chi connectivity index (χ1n) is 4.72. The summed E-state index contributed by atoms with van der Waals surface area (Å²) in [4.78, 5) is 0. The zero-order valence-electron chi connectivity index (χ0n) is 8.45. The van der Waals surface area contributed by atoms with Crippen molar-refractivity contribution in [1.82, 2.24) is 0 Å². The number of aliphatic hydroxyl groups is 1. The Balaban J connectivity index is 2.35. The monoisotopic (exact) mass is 206 g/mol. The number of ether oxygens (including phenoxy) is 1. The summed E-state index contributed by atoms with van der Waals surface area (Å²) >= 11 is 0. The maximum Gasteiger partial charge on any atom is 0.337 e. The molecule has 0 aromatic carbocycles. The van der Waals surface area contributed by atoms with Gasteiger partial charge >= 0.3 is 8.56 Å². The molecule has 0 aliphatic carbocycles. The van der Waals surface area contributed by atoms with Crippen LogP contribution in [0.25, 0.3) is 0 Å². The van der Waals surface area contributed by atoms with Crippen LogP contribution in [0.4, 0.5) is 0 Å². The van der Waals surface area contributed by atoms with Gasteiger partial charge in [-0.15, -0.1) is 0 Å². The third-order valence-electron chi connectivity index (χ3n) is 2.03. The van der Waals surface area contributed by atoms with Crippen molar-refractivity contribution in [3.63, 3.8) is 0 Å². The van der Waals surface area contributed by atoms with Crippen LogP contribution in [0.15, 0.2) is 0 Å². The van der Waals surface area contributed by atoms with Crippen molar-refractivity contribution >= 4 is 8.56 Å². The van der Waals surface area contributed by atoms with Crippen LogP contribution in [-0.4, -0.2) is 39.3 Å². The van der Waals surface area contributed by atoms with E-state index in [2.05, 4.69) is 0 Å². The Morgan fingerprint density at radius 2 is 1.77 bits per heavy atom. The molecule has 0 aromatic rings. The molecule has 78 valence electrons. The normalized spacial score (nSPS) is 27.7. The fraction of sp³-hybridized carbons (Fsp3) is 1.00. The summed E-state index contributed by atoms with van der Waals surface area (Å²) in [5, 5.41) is 9.02. The Morgan fingerprint density at radius 1 is 1.31 bits per heavy atom. The molecule has 0 amide bonds. The second-order valence-electron chi connectivity index (χ2n) is 3.27. The smallest absolute Gasteiger partial charge is 0.337 e. The Bertz CT molecular complexity index is 158. The Morgan fingerprint density at radius 3 is 2.08 bits per heavy atom. The average Bonchev–Trinajstić information content (AvgIpc) is 2.66. The molecule has 4 nitrogen and oxygen atoms in total. The molecule has 0 bridgehead atoms. The molecule has 1 rings (SSSR count). The molecule has 1 aliphatic rings. The Labute approximate surface area is 80.1 Å². The van der Waals surface area contributed by atoms with Crippen molar-refractivity contribution in [1.29, 1.82) is 0 Å². The van der Waals surface area contributed by atoms with E-state index in [1.54, 1.807) is 0 Å². The van der Waals surface area contributed by atoms with Gasteiger partial charge in [0.25, 0.3) is 0 Å². The first kappa shape index (κ1) is 11.1.